The van der Waals surface area contributed by atoms with Gasteiger partial charge in [-0.1, -0.05) is 0 Å². The molecule has 1 atom stereocenters. The van der Waals surface area contributed by atoms with Gasteiger partial charge < -0.3 is 15.7 Å². The SMILES string of the molecule is Cc1cnc(N2CCC(C(C)O)CC2)c(N)c1. The number of aliphatic hydroxyl groups is 1. The fraction of sp³-hybridized carbons (Fsp3) is 0.615. The minimum Gasteiger partial charge on any atom is -0.396 e. The van der Waals surface area contributed by atoms with Gasteiger partial charge in [-0.25, -0.2) is 4.98 Å². The normalized spacial score (nSPS) is 19.4. The first kappa shape index (κ1) is 12.2. The fourth-order valence-corrected chi connectivity index (χ4v) is 2.44. The van der Waals surface area contributed by atoms with Crippen molar-refractivity contribution in [3.63, 3.8) is 0 Å². The quantitative estimate of drug-likeness (QED) is 0.816. The number of anilines is 2. The highest BCUT2D eigenvalue weighted by molar-refractivity contribution is 5.63. The van der Waals surface area contributed by atoms with Crippen molar-refractivity contribution in [2.24, 2.45) is 5.92 Å². The Balaban J connectivity index is 2.05. The zero-order chi connectivity index (χ0) is 12.4. The van der Waals surface area contributed by atoms with Gasteiger partial charge in [0.2, 0.25) is 0 Å². The molecule has 0 saturated carbocycles. The molecule has 0 radical (unpaired) electrons. The van der Waals surface area contributed by atoms with Crippen LogP contribution in [0.15, 0.2) is 12.3 Å². The lowest BCUT2D eigenvalue weighted by Crippen LogP contribution is -2.37. The molecule has 2 heterocycles. The largest absolute Gasteiger partial charge is 0.396 e. The van der Waals surface area contributed by atoms with Crippen LogP contribution in [0.1, 0.15) is 25.3 Å². The first-order valence-electron chi connectivity index (χ1n) is 6.23. The molecule has 1 aliphatic heterocycles. The van der Waals surface area contributed by atoms with Gasteiger partial charge in [0.15, 0.2) is 5.82 Å². The second-order valence-electron chi connectivity index (χ2n) is 4.99. The molecule has 1 aliphatic rings. The molecule has 0 bridgehead atoms. The molecule has 2 rings (SSSR count). The molecule has 1 aromatic rings. The average Bonchev–Trinajstić information content (AvgIpc) is 2.29. The highest BCUT2D eigenvalue weighted by atomic mass is 16.3. The summed E-state index contributed by atoms with van der Waals surface area (Å²) in [4.78, 5) is 6.63. The van der Waals surface area contributed by atoms with Gasteiger partial charge in [-0.2, -0.15) is 0 Å². The van der Waals surface area contributed by atoms with E-state index in [4.69, 9.17) is 5.73 Å². The maximum atomic E-state index is 9.57. The number of nitrogens with two attached hydrogens (primary N) is 1. The molecule has 4 nitrogen and oxygen atoms in total. The average molecular weight is 235 g/mol. The molecular weight excluding hydrogens is 214 g/mol. The monoisotopic (exact) mass is 235 g/mol. The molecule has 0 aromatic carbocycles. The number of rotatable bonds is 2. The third-order valence-corrected chi connectivity index (χ3v) is 3.55. The molecule has 4 heteroatoms. The summed E-state index contributed by atoms with van der Waals surface area (Å²) in [6.45, 7) is 5.72. The summed E-state index contributed by atoms with van der Waals surface area (Å²) in [6, 6.07) is 1.96. The van der Waals surface area contributed by atoms with Gasteiger partial charge in [-0.3, -0.25) is 0 Å². The number of aromatic nitrogens is 1. The molecule has 1 aromatic heterocycles. The summed E-state index contributed by atoms with van der Waals surface area (Å²) in [5.74, 6) is 1.30. The molecular formula is C13H21N3O. The number of aliphatic hydroxyl groups excluding tert-OH is 1. The van der Waals surface area contributed by atoms with E-state index in [1.165, 1.54) is 0 Å². The number of pyridine rings is 1. The Morgan fingerprint density at radius 3 is 2.65 bits per heavy atom. The molecule has 1 saturated heterocycles. The third kappa shape index (κ3) is 2.69. The Bertz CT molecular complexity index is 384. The summed E-state index contributed by atoms with van der Waals surface area (Å²) in [6.07, 6.45) is 3.66. The lowest BCUT2D eigenvalue weighted by Gasteiger charge is -2.34. The summed E-state index contributed by atoms with van der Waals surface area (Å²) in [7, 11) is 0. The van der Waals surface area contributed by atoms with E-state index in [9.17, 15) is 5.11 Å². The van der Waals surface area contributed by atoms with E-state index in [1.807, 2.05) is 26.1 Å². The lowest BCUT2D eigenvalue weighted by atomic mass is 9.92. The summed E-state index contributed by atoms with van der Waals surface area (Å²) in [5, 5.41) is 9.57. The topological polar surface area (TPSA) is 62.4 Å². The van der Waals surface area contributed by atoms with Gasteiger partial charge in [-0.15, -0.1) is 0 Å². The maximum Gasteiger partial charge on any atom is 0.151 e. The van der Waals surface area contributed by atoms with Crippen molar-refractivity contribution in [1.82, 2.24) is 4.98 Å². The second-order valence-corrected chi connectivity index (χ2v) is 4.99. The van der Waals surface area contributed by atoms with Crippen LogP contribution in [-0.2, 0) is 0 Å². The number of nitrogen functional groups attached to an aromatic ring is 1. The number of nitrogens with zero attached hydrogens (tertiary/aromatic N) is 2. The van der Waals surface area contributed by atoms with Gasteiger partial charge >= 0.3 is 0 Å². The zero-order valence-electron chi connectivity index (χ0n) is 10.6. The summed E-state index contributed by atoms with van der Waals surface area (Å²) < 4.78 is 0. The van der Waals surface area contributed by atoms with Gasteiger partial charge in [0.05, 0.1) is 11.8 Å². The van der Waals surface area contributed by atoms with E-state index in [2.05, 4.69) is 9.88 Å². The zero-order valence-corrected chi connectivity index (χ0v) is 10.6. The van der Waals surface area contributed by atoms with Crippen LogP contribution < -0.4 is 10.6 Å². The highest BCUT2D eigenvalue weighted by Crippen LogP contribution is 2.27. The molecule has 0 amide bonds. The van der Waals surface area contributed by atoms with Gasteiger partial charge in [0.25, 0.3) is 0 Å². The van der Waals surface area contributed by atoms with Crippen LogP contribution >= 0.6 is 0 Å². The Morgan fingerprint density at radius 2 is 2.12 bits per heavy atom. The predicted molar refractivity (Wildman–Crippen MR) is 70.0 cm³/mol. The van der Waals surface area contributed by atoms with E-state index < -0.39 is 0 Å². The van der Waals surface area contributed by atoms with Crippen LogP contribution in [0.5, 0.6) is 0 Å². The Kier molecular flexibility index (Phi) is 3.52. The van der Waals surface area contributed by atoms with Crippen LogP contribution in [0.2, 0.25) is 0 Å². The highest BCUT2D eigenvalue weighted by Gasteiger charge is 2.24. The van der Waals surface area contributed by atoms with Gasteiger partial charge in [-0.05, 0) is 44.2 Å². The smallest absolute Gasteiger partial charge is 0.151 e. The summed E-state index contributed by atoms with van der Waals surface area (Å²) >= 11 is 0. The number of hydrogen-bond acceptors (Lipinski definition) is 4. The van der Waals surface area contributed by atoms with E-state index in [1.54, 1.807) is 0 Å². The molecule has 0 aliphatic carbocycles. The van der Waals surface area contributed by atoms with Crippen molar-refractivity contribution in [2.75, 3.05) is 23.7 Å². The van der Waals surface area contributed by atoms with E-state index in [0.29, 0.717) is 5.92 Å². The van der Waals surface area contributed by atoms with Gasteiger partial charge in [0.1, 0.15) is 0 Å². The van der Waals surface area contributed by atoms with Crippen LogP contribution in [0, 0.1) is 12.8 Å². The molecule has 1 fully saturated rings. The second kappa shape index (κ2) is 4.92. The fourth-order valence-electron chi connectivity index (χ4n) is 2.44. The van der Waals surface area contributed by atoms with Crippen LogP contribution in [0.3, 0.4) is 0 Å². The number of hydrogen-bond donors (Lipinski definition) is 2. The third-order valence-electron chi connectivity index (χ3n) is 3.55. The van der Waals surface area contributed by atoms with E-state index in [-0.39, 0.29) is 6.10 Å². The van der Waals surface area contributed by atoms with E-state index >= 15 is 0 Å². The van der Waals surface area contributed by atoms with Crippen molar-refractivity contribution in [3.05, 3.63) is 17.8 Å². The lowest BCUT2D eigenvalue weighted by molar-refractivity contribution is 0.110. The van der Waals surface area contributed by atoms with E-state index in [0.717, 1.165) is 43.0 Å². The molecule has 17 heavy (non-hydrogen) atoms. The summed E-state index contributed by atoms with van der Waals surface area (Å²) in [5.41, 5.74) is 7.83. The van der Waals surface area contributed by atoms with Crippen molar-refractivity contribution in [1.29, 1.82) is 0 Å². The predicted octanol–water partition coefficient (Wildman–Crippen LogP) is 1.57. The minimum absolute atomic E-state index is 0.208. The molecule has 3 N–H and O–H groups in total. The first-order chi connectivity index (χ1) is 8.08. The molecule has 0 spiro atoms. The van der Waals surface area contributed by atoms with Gasteiger partial charge in [0, 0.05) is 19.3 Å². The Hall–Kier alpha value is -1.29. The Morgan fingerprint density at radius 1 is 1.47 bits per heavy atom. The van der Waals surface area contributed by atoms with Crippen molar-refractivity contribution in [2.45, 2.75) is 32.8 Å². The number of piperidine rings is 1. The van der Waals surface area contributed by atoms with Crippen molar-refractivity contribution >= 4 is 11.5 Å². The van der Waals surface area contributed by atoms with Crippen LogP contribution in [-0.4, -0.2) is 29.3 Å². The van der Waals surface area contributed by atoms with Crippen molar-refractivity contribution < 1.29 is 5.11 Å². The Labute approximate surface area is 102 Å². The molecule has 94 valence electrons. The maximum absolute atomic E-state index is 9.57. The number of aryl methyl sites for hydroxylation is 1. The minimum atomic E-state index is -0.208. The molecule has 1 unspecified atom stereocenters. The first-order valence-corrected chi connectivity index (χ1v) is 6.23. The van der Waals surface area contributed by atoms with Crippen molar-refractivity contribution in [3.8, 4) is 0 Å². The standard InChI is InChI=1S/C13H21N3O/c1-9-7-12(14)13(15-8-9)16-5-3-11(4-6-16)10(2)17/h7-8,10-11,17H,3-6,14H2,1-2H3. The van der Waals surface area contributed by atoms with Crippen LogP contribution in [0.4, 0.5) is 11.5 Å². The van der Waals surface area contributed by atoms with Crippen LogP contribution in [0.25, 0.3) is 0 Å².